The van der Waals surface area contributed by atoms with Crippen molar-refractivity contribution in [1.82, 2.24) is 0 Å². The SMILES string of the molecule is CCc1cc2c(cc1N=C(c1ccc(N)cc1)c1ccccc1C)C(C)(C)CCC2(C)C. The first kappa shape index (κ1) is 22.3. The largest absolute Gasteiger partial charge is 0.399 e. The highest BCUT2D eigenvalue weighted by Gasteiger charge is 2.37. The van der Waals surface area contributed by atoms with Gasteiger partial charge in [0, 0.05) is 16.8 Å². The number of nitrogens with two attached hydrogens (primary N) is 1. The molecule has 0 amide bonds. The van der Waals surface area contributed by atoms with Crippen LogP contribution in [0.2, 0.25) is 0 Å². The number of aryl methyl sites for hydroxylation is 2. The fourth-order valence-corrected chi connectivity index (χ4v) is 4.91. The van der Waals surface area contributed by atoms with Gasteiger partial charge in [-0.15, -0.1) is 0 Å². The summed E-state index contributed by atoms with van der Waals surface area (Å²) in [5, 5.41) is 0. The molecule has 0 saturated heterocycles. The number of aliphatic imine (C=N–C) groups is 1. The molecule has 0 unspecified atom stereocenters. The number of fused-ring (bicyclic) bond motifs is 1. The maximum atomic E-state index is 5.99. The van der Waals surface area contributed by atoms with Crippen LogP contribution in [-0.4, -0.2) is 5.71 Å². The fourth-order valence-electron chi connectivity index (χ4n) is 4.91. The molecule has 0 atom stereocenters. The van der Waals surface area contributed by atoms with E-state index >= 15 is 0 Å². The van der Waals surface area contributed by atoms with Crippen LogP contribution in [0.3, 0.4) is 0 Å². The number of nitrogens with zero attached hydrogens (tertiary/aromatic N) is 1. The van der Waals surface area contributed by atoms with Crippen molar-refractivity contribution in [2.45, 2.75) is 71.6 Å². The third-order valence-corrected chi connectivity index (χ3v) is 7.25. The molecule has 1 aliphatic carbocycles. The predicted octanol–water partition coefficient (Wildman–Crippen LogP) is 7.66. The number of anilines is 1. The Labute approximate surface area is 193 Å². The Morgan fingerprint density at radius 1 is 0.875 bits per heavy atom. The first-order chi connectivity index (χ1) is 15.1. The monoisotopic (exact) mass is 424 g/mol. The molecule has 3 aromatic carbocycles. The quantitative estimate of drug-likeness (QED) is 0.339. The topological polar surface area (TPSA) is 38.4 Å². The second-order valence-corrected chi connectivity index (χ2v) is 10.5. The van der Waals surface area contributed by atoms with Crippen molar-refractivity contribution in [3.63, 3.8) is 0 Å². The molecule has 166 valence electrons. The maximum absolute atomic E-state index is 5.99. The highest BCUT2D eigenvalue weighted by Crippen LogP contribution is 2.47. The average Bonchev–Trinajstić information content (AvgIpc) is 2.76. The van der Waals surface area contributed by atoms with Crippen LogP contribution in [0, 0.1) is 6.92 Å². The van der Waals surface area contributed by atoms with Crippen molar-refractivity contribution in [3.8, 4) is 0 Å². The highest BCUT2D eigenvalue weighted by molar-refractivity contribution is 6.15. The minimum Gasteiger partial charge on any atom is -0.399 e. The molecule has 2 N–H and O–H groups in total. The summed E-state index contributed by atoms with van der Waals surface area (Å²) >= 11 is 0. The van der Waals surface area contributed by atoms with E-state index < -0.39 is 0 Å². The van der Waals surface area contributed by atoms with Crippen molar-refractivity contribution in [3.05, 3.63) is 94.0 Å². The molecular weight excluding hydrogens is 388 g/mol. The van der Waals surface area contributed by atoms with Gasteiger partial charge in [-0.2, -0.15) is 0 Å². The number of nitrogen functional groups attached to an aromatic ring is 1. The lowest BCUT2D eigenvalue weighted by molar-refractivity contribution is 0.331. The zero-order valence-electron chi connectivity index (χ0n) is 20.4. The van der Waals surface area contributed by atoms with E-state index in [-0.39, 0.29) is 10.8 Å². The fraction of sp³-hybridized carbons (Fsp3) is 0.367. The summed E-state index contributed by atoms with van der Waals surface area (Å²) in [5.41, 5.74) is 16.9. The molecule has 0 radical (unpaired) electrons. The van der Waals surface area contributed by atoms with Gasteiger partial charge in [-0.3, -0.25) is 0 Å². The van der Waals surface area contributed by atoms with E-state index in [1.54, 1.807) is 0 Å². The molecule has 32 heavy (non-hydrogen) atoms. The van der Waals surface area contributed by atoms with Crippen LogP contribution >= 0.6 is 0 Å². The van der Waals surface area contributed by atoms with Gasteiger partial charge in [0.1, 0.15) is 0 Å². The number of rotatable bonds is 4. The van der Waals surface area contributed by atoms with Gasteiger partial charge < -0.3 is 5.73 Å². The predicted molar refractivity (Wildman–Crippen MR) is 138 cm³/mol. The Balaban J connectivity index is 1.98. The van der Waals surface area contributed by atoms with E-state index in [1.165, 1.54) is 35.1 Å². The lowest BCUT2D eigenvalue weighted by Crippen LogP contribution is -2.34. The molecule has 2 heteroatoms. The van der Waals surface area contributed by atoms with E-state index in [0.717, 1.165) is 34.6 Å². The van der Waals surface area contributed by atoms with Gasteiger partial charge >= 0.3 is 0 Å². The Bertz CT molecular complexity index is 1160. The number of benzene rings is 3. The van der Waals surface area contributed by atoms with Crippen molar-refractivity contribution < 1.29 is 0 Å². The zero-order chi connectivity index (χ0) is 23.1. The minimum atomic E-state index is 0.158. The van der Waals surface area contributed by atoms with Crippen LogP contribution < -0.4 is 5.73 Å². The summed E-state index contributed by atoms with van der Waals surface area (Å²) in [6.45, 7) is 13.9. The maximum Gasteiger partial charge on any atom is 0.0784 e. The molecule has 0 spiro atoms. The van der Waals surface area contributed by atoms with Crippen LogP contribution in [0.25, 0.3) is 0 Å². The molecule has 0 saturated carbocycles. The van der Waals surface area contributed by atoms with E-state index in [1.807, 2.05) is 12.1 Å². The summed E-state index contributed by atoms with van der Waals surface area (Å²) in [6, 6.07) is 21.4. The lowest BCUT2D eigenvalue weighted by atomic mass is 9.62. The van der Waals surface area contributed by atoms with Gasteiger partial charge in [0.15, 0.2) is 0 Å². The van der Waals surface area contributed by atoms with E-state index in [0.29, 0.717) is 0 Å². The van der Waals surface area contributed by atoms with Crippen LogP contribution in [0.5, 0.6) is 0 Å². The Hall–Kier alpha value is -2.87. The standard InChI is InChI=1S/C30H36N2/c1-7-21-18-25-26(30(5,6)17-16-29(25,3)4)19-27(21)32-28(22-12-14-23(31)15-13-22)24-11-9-8-10-20(24)2/h8-15,18-19H,7,16-17,31H2,1-6H3. The van der Waals surface area contributed by atoms with Crippen LogP contribution in [-0.2, 0) is 17.3 Å². The second-order valence-electron chi connectivity index (χ2n) is 10.5. The third-order valence-electron chi connectivity index (χ3n) is 7.25. The first-order valence-electron chi connectivity index (χ1n) is 11.8. The smallest absolute Gasteiger partial charge is 0.0784 e. The van der Waals surface area contributed by atoms with E-state index in [9.17, 15) is 0 Å². The Kier molecular flexibility index (Phi) is 5.75. The molecule has 4 rings (SSSR count). The molecule has 0 aromatic heterocycles. The van der Waals surface area contributed by atoms with Crippen molar-refractivity contribution in [2.24, 2.45) is 4.99 Å². The molecular formula is C30H36N2. The van der Waals surface area contributed by atoms with Crippen LogP contribution in [0.1, 0.15) is 80.8 Å². The normalized spacial score (nSPS) is 17.1. The van der Waals surface area contributed by atoms with Crippen LogP contribution in [0.15, 0.2) is 65.7 Å². The van der Waals surface area contributed by atoms with Crippen molar-refractivity contribution in [1.29, 1.82) is 0 Å². The summed E-state index contributed by atoms with van der Waals surface area (Å²) in [7, 11) is 0. The molecule has 0 fully saturated rings. The minimum absolute atomic E-state index is 0.158. The molecule has 1 aliphatic rings. The van der Waals surface area contributed by atoms with Crippen LogP contribution in [0.4, 0.5) is 11.4 Å². The highest BCUT2D eigenvalue weighted by atomic mass is 14.8. The molecule has 0 heterocycles. The van der Waals surface area contributed by atoms with Gasteiger partial charge in [0.25, 0.3) is 0 Å². The summed E-state index contributed by atoms with van der Waals surface area (Å²) < 4.78 is 0. The Morgan fingerprint density at radius 3 is 2.06 bits per heavy atom. The molecule has 0 aliphatic heterocycles. The summed E-state index contributed by atoms with van der Waals surface area (Å²) in [5.74, 6) is 0. The molecule has 2 nitrogen and oxygen atoms in total. The Morgan fingerprint density at radius 2 is 1.47 bits per heavy atom. The van der Waals surface area contributed by atoms with Gasteiger partial charge in [-0.1, -0.05) is 77.1 Å². The van der Waals surface area contributed by atoms with Crippen molar-refractivity contribution in [2.75, 3.05) is 5.73 Å². The van der Waals surface area contributed by atoms with E-state index in [2.05, 4.69) is 90.1 Å². The number of hydrogen-bond acceptors (Lipinski definition) is 2. The summed E-state index contributed by atoms with van der Waals surface area (Å²) in [6.07, 6.45) is 3.38. The van der Waals surface area contributed by atoms with E-state index in [4.69, 9.17) is 10.7 Å². The van der Waals surface area contributed by atoms with Gasteiger partial charge in [0.05, 0.1) is 11.4 Å². The van der Waals surface area contributed by atoms with Crippen molar-refractivity contribution >= 4 is 17.1 Å². The number of hydrogen-bond donors (Lipinski definition) is 1. The average molecular weight is 425 g/mol. The zero-order valence-corrected chi connectivity index (χ0v) is 20.4. The van der Waals surface area contributed by atoms with Gasteiger partial charge in [-0.05, 0) is 77.5 Å². The summed E-state index contributed by atoms with van der Waals surface area (Å²) in [4.78, 5) is 5.36. The first-order valence-corrected chi connectivity index (χ1v) is 11.8. The molecule has 3 aromatic rings. The third kappa shape index (κ3) is 4.11. The van der Waals surface area contributed by atoms with Gasteiger partial charge in [-0.25, -0.2) is 4.99 Å². The lowest BCUT2D eigenvalue weighted by Gasteiger charge is -2.42. The van der Waals surface area contributed by atoms with Gasteiger partial charge in [0.2, 0.25) is 0 Å². The second kappa shape index (κ2) is 8.24. The molecule has 0 bridgehead atoms.